The van der Waals surface area contributed by atoms with E-state index < -0.39 is 0 Å². The van der Waals surface area contributed by atoms with Crippen molar-refractivity contribution >= 4 is 28.7 Å². The molecule has 0 radical (unpaired) electrons. The van der Waals surface area contributed by atoms with Gasteiger partial charge in [-0.3, -0.25) is 14.5 Å². The van der Waals surface area contributed by atoms with Gasteiger partial charge in [0.05, 0.1) is 30.5 Å². The summed E-state index contributed by atoms with van der Waals surface area (Å²) in [5, 5.41) is 1.93. The molecule has 0 aliphatic carbocycles. The highest BCUT2D eigenvalue weighted by Gasteiger charge is 2.28. The van der Waals surface area contributed by atoms with Crippen molar-refractivity contribution in [3.63, 3.8) is 0 Å². The fraction of sp³-hybridized carbons (Fsp3) is 0.150. The van der Waals surface area contributed by atoms with Gasteiger partial charge in [-0.2, -0.15) is 0 Å². The molecule has 0 spiro atoms. The van der Waals surface area contributed by atoms with Crippen molar-refractivity contribution in [1.82, 2.24) is 4.98 Å². The molecule has 0 saturated carbocycles. The first-order valence-corrected chi connectivity index (χ1v) is 9.23. The molecule has 0 atom stereocenters. The molecule has 0 N–H and O–H groups in total. The maximum Gasteiger partial charge on any atom is 0.265 e. The Morgan fingerprint density at radius 1 is 1.30 bits per heavy atom. The standard InChI is InChI=1S/C20H16N2O4S/c1-25-15-4-2-3-14(7-15)18(23)9-22-17-8-13(16-11-27-12-21-16)5-6-19(17)26-10-20(22)24/h2-8,11-12H,9-10H2,1H3. The zero-order chi connectivity index (χ0) is 18.8. The van der Waals surface area contributed by atoms with Crippen LogP contribution in [0.5, 0.6) is 11.5 Å². The van der Waals surface area contributed by atoms with Gasteiger partial charge in [0.2, 0.25) is 0 Å². The van der Waals surface area contributed by atoms with Gasteiger partial charge in [-0.05, 0) is 30.3 Å². The first kappa shape index (κ1) is 17.2. The predicted octanol–water partition coefficient (Wildman–Crippen LogP) is 3.43. The molecule has 2 aromatic carbocycles. The van der Waals surface area contributed by atoms with E-state index in [-0.39, 0.29) is 24.8 Å². The number of thiazole rings is 1. The van der Waals surface area contributed by atoms with Crippen molar-refractivity contribution in [2.45, 2.75) is 0 Å². The molecular formula is C20H16N2O4S. The van der Waals surface area contributed by atoms with Gasteiger partial charge >= 0.3 is 0 Å². The molecule has 6 nitrogen and oxygen atoms in total. The molecule has 7 heteroatoms. The van der Waals surface area contributed by atoms with Crippen molar-refractivity contribution in [3.05, 3.63) is 58.9 Å². The number of anilines is 1. The number of methoxy groups -OCH3 is 1. The number of ether oxygens (including phenoxy) is 2. The van der Waals surface area contributed by atoms with E-state index in [4.69, 9.17) is 9.47 Å². The number of ketones is 1. The normalized spacial score (nSPS) is 13.1. The zero-order valence-corrected chi connectivity index (χ0v) is 15.4. The lowest BCUT2D eigenvalue weighted by Gasteiger charge is -2.29. The molecule has 4 rings (SSSR count). The lowest BCUT2D eigenvalue weighted by atomic mass is 10.1. The van der Waals surface area contributed by atoms with E-state index in [1.165, 1.54) is 16.2 Å². The molecule has 0 saturated heterocycles. The van der Waals surface area contributed by atoms with Crippen LogP contribution in [-0.4, -0.2) is 36.9 Å². The van der Waals surface area contributed by atoms with E-state index in [9.17, 15) is 9.59 Å². The summed E-state index contributed by atoms with van der Waals surface area (Å²) in [5.74, 6) is 0.746. The number of fused-ring (bicyclic) bond motifs is 1. The van der Waals surface area contributed by atoms with Gasteiger partial charge < -0.3 is 9.47 Å². The minimum Gasteiger partial charge on any atom is -0.497 e. The van der Waals surface area contributed by atoms with E-state index >= 15 is 0 Å². The van der Waals surface area contributed by atoms with E-state index in [2.05, 4.69) is 4.98 Å². The Labute approximate surface area is 160 Å². The number of nitrogens with zero attached hydrogens (tertiary/aromatic N) is 2. The number of aromatic nitrogens is 1. The number of rotatable bonds is 5. The van der Waals surface area contributed by atoms with Crippen molar-refractivity contribution in [2.75, 3.05) is 25.2 Å². The van der Waals surface area contributed by atoms with Crippen LogP contribution in [0.1, 0.15) is 10.4 Å². The third kappa shape index (κ3) is 3.41. The minimum absolute atomic E-state index is 0.0666. The van der Waals surface area contributed by atoms with E-state index in [0.717, 1.165) is 11.3 Å². The monoisotopic (exact) mass is 380 g/mol. The van der Waals surface area contributed by atoms with Crippen molar-refractivity contribution in [1.29, 1.82) is 0 Å². The molecule has 3 aromatic rings. The molecule has 136 valence electrons. The predicted molar refractivity (Wildman–Crippen MR) is 103 cm³/mol. The average molecular weight is 380 g/mol. The van der Waals surface area contributed by atoms with E-state index in [1.54, 1.807) is 43.0 Å². The second kappa shape index (κ2) is 7.20. The summed E-state index contributed by atoms with van der Waals surface area (Å²) < 4.78 is 10.7. The van der Waals surface area contributed by atoms with Crippen LogP contribution < -0.4 is 14.4 Å². The summed E-state index contributed by atoms with van der Waals surface area (Å²) in [6, 6.07) is 12.4. The van der Waals surface area contributed by atoms with Crippen LogP contribution in [-0.2, 0) is 4.79 Å². The number of amides is 1. The van der Waals surface area contributed by atoms with Crippen LogP contribution >= 0.6 is 11.3 Å². The summed E-state index contributed by atoms with van der Waals surface area (Å²) in [5.41, 5.74) is 4.51. The first-order valence-electron chi connectivity index (χ1n) is 8.29. The SMILES string of the molecule is COc1cccc(C(=O)CN2C(=O)COc3ccc(-c4cscn4)cc32)c1. The van der Waals surface area contributed by atoms with E-state index in [1.807, 2.05) is 17.5 Å². The maximum atomic E-state index is 12.7. The van der Waals surface area contributed by atoms with Crippen molar-refractivity contribution < 1.29 is 19.1 Å². The van der Waals surface area contributed by atoms with Crippen LogP contribution in [0.25, 0.3) is 11.3 Å². The largest absolute Gasteiger partial charge is 0.497 e. The van der Waals surface area contributed by atoms with Crippen LogP contribution in [0.4, 0.5) is 5.69 Å². The lowest BCUT2D eigenvalue weighted by molar-refractivity contribution is -0.121. The summed E-state index contributed by atoms with van der Waals surface area (Å²) in [7, 11) is 1.55. The van der Waals surface area contributed by atoms with Gasteiger partial charge in [-0.15, -0.1) is 11.3 Å². The highest BCUT2D eigenvalue weighted by Crippen LogP contribution is 2.36. The Hall–Kier alpha value is -3.19. The molecule has 1 amide bonds. The van der Waals surface area contributed by atoms with Gasteiger partial charge in [-0.1, -0.05) is 12.1 Å². The van der Waals surface area contributed by atoms with Gasteiger partial charge in [0.25, 0.3) is 5.91 Å². The topological polar surface area (TPSA) is 68.7 Å². The number of hydrogen-bond acceptors (Lipinski definition) is 6. The van der Waals surface area contributed by atoms with Crippen LogP contribution in [0.3, 0.4) is 0 Å². The second-order valence-corrected chi connectivity index (χ2v) is 6.70. The number of carbonyl (C=O) groups is 2. The fourth-order valence-corrected chi connectivity index (χ4v) is 3.48. The Bertz CT molecular complexity index is 1000. The molecule has 0 fully saturated rings. The van der Waals surface area contributed by atoms with Crippen LogP contribution in [0.15, 0.2) is 53.4 Å². The quantitative estimate of drug-likeness (QED) is 0.635. The minimum atomic E-state index is -0.255. The molecule has 2 heterocycles. The molecule has 0 bridgehead atoms. The Morgan fingerprint density at radius 3 is 2.96 bits per heavy atom. The van der Waals surface area contributed by atoms with Crippen LogP contribution in [0.2, 0.25) is 0 Å². The third-order valence-corrected chi connectivity index (χ3v) is 4.91. The first-order chi connectivity index (χ1) is 13.2. The number of hydrogen-bond donors (Lipinski definition) is 0. The molecule has 1 aromatic heterocycles. The van der Waals surface area contributed by atoms with Crippen molar-refractivity contribution in [2.24, 2.45) is 0 Å². The van der Waals surface area contributed by atoms with Crippen molar-refractivity contribution in [3.8, 4) is 22.8 Å². The molecule has 27 heavy (non-hydrogen) atoms. The highest BCUT2D eigenvalue weighted by atomic mass is 32.1. The average Bonchev–Trinajstić information content (AvgIpc) is 3.24. The van der Waals surface area contributed by atoms with Crippen LogP contribution in [0, 0.1) is 0 Å². The highest BCUT2D eigenvalue weighted by molar-refractivity contribution is 7.07. The number of carbonyl (C=O) groups excluding carboxylic acids is 2. The lowest BCUT2D eigenvalue weighted by Crippen LogP contribution is -2.42. The summed E-state index contributed by atoms with van der Waals surface area (Å²) in [6.45, 7) is -0.155. The Kier molecular flexibility index (Phi) is 4.60. The fourth-order valence-electron chi connectivity index (χ4n) is 2.92. The summed E-state index contributed by atoms with van der Waals surface area (Å²) >= 11 is 1.50. The van der Waals surface area contributed by atoms with Gasteiger partial charge in [0.15, 0.2) is 12.4 Å². The molecule has 1 aliphatic heterocycles. The summed E-state index contributed by atoms with van der Waals surface area (Å²) in [6.07, 6.45) is 0. The Morgan fingerprint density at radius 2 is 2.19 bits per heavy atom. The summed E-state index contributed by atoms with van der Waals surface area (Å²) in [4.78, 5) is 31.0. The van der Waals surface area contributed by atoms with Gasteiger partial charge in [0, 0.05) is 16.5 Å². The smallest absolute Gasteiger partial charge is 0.265 e. The zero-order valence-electron chi connectivity index (χ0n) is 14.5. The van der Waals surface area contributed by atoms with Gasteiger partial charge in [-0.25, -0.2) is 4.98 Å². The number of Topliss-reactive ketones (excluding diaryl/α,β-unsaturated/α-hetero) is 1. The van der Waals surface area contributed by atoms with E-state index in [0.29, 0.717) is 22.7 Å². The maximum absolute atomic E-state index is 12.7. The second-order valence-electron chi connectivity index (χ2n) is 5.98. The Balaban J connectivity index is 1.66. The molecular weight excluding hydrogens is 364 g/mol. The third-order valence-electron chi connectivity index (χ3n) is 4.32. The molecule has 1 aliphatic rings. The van der Waals surface area contributed by atoms with Gasteiger partial charge in [0.1, 0.15) is 11.5 Å². The molecule has 0 unspecified atom stereocenters. The number of benzene rings is 2.